The summed E-state index contributed by atoms with van der Waals surface area (Å²) in [7, 11) is -2.04. The Bertz CT molecular complexity index is 463. The Morgan fingerprint density at radius 2 is 0.690 bits per heavy atom. The van der Waals surface area contributed by atoms with Gasteiger partial charge in [-0.2, -0.15) is 0 Å². The molecule has 1 saturated heterocycles. The lowest BCUT2D eigenvalue weighted by Crippen LogP contribution is -2.60. The van der Waals surface area contributed by atoms with Crippen molar-refractivity contribution in [3.63, 3.8) is 0 Å². The Hall–Kier alpha value is 2.09. The van der Waals surface area contributed by atoms with E-state index in [0.29, 0.717) is 0 Å². The molecule has 0 aromatic carbocycles. The van der Waals surface area contributed by atoms with Crippen molar-refractivity contribution in [1.82, 2.24) is 0 Å². The Labute approximate surface area is 199 Å². The van der Waals surface area contributed by atoms with Crippen LogP contribution in [0.3, 0.4) is 0 Å². The molecule has 4 radical (unpaired) electrons. The van der Waals surface area contributed by atoms with Crippen molar-refractivity contribution in [2.24, 2.45) is 0 Å². The number of hydrogen-bond acceptors (Lipinski definition) is 1. The lowest BCUT2D eigenvalue weighted by molar-refractivity contribution is 1.04. The maximum atomic E-state index is 2.73. The topological polar surface area (TPSA) is 0 Å². The molecule has 1 rings (SSSR count). The maximum absolute atomic E-state index is 2.73. The highest BCUT2D eigenvalue weighted by atomic mass is 32.7. The average Bonchev–Trinajstić information content (AvgIpc) is 3.14. The molecule has 170 valence electrons. The molecule has 0 N–H and O–H groups in total. The summed E-state index contributed by atoms with van der Waals surface area (Å²) >= 11 is 0. The van der Waals surface area contributed by atoms with E-state index in [1.165, 1.54) is 9.58 Å². The fourth-order valence-electron chi connectivity index (χ4n) is 6.37. The van der Waals surface area contributed by atoms with E-state index in [9.17, 15) is 0 Å². The van der Waals surface area contributed by atoms with Gasteiger partial charge in [-0.1, -0.05) is 127 Å². The molecule has 1 aliphatic rings. The lowest BCUT2D eigenvalue weighted by Gasteiger charge is -2.46. The van der Waals surface area contributed by atoms with Gasteiger partial charge in [-0.25, -0.2) is 10.7 Å². The molecule has 0 saturated carbocycles. The van der Waals surface area contributed by atoms with E-state index in [-0.39, 0.29) is 30.6 Å². The molecule has 1 heterocycles. The van der Waals surface area contributed by atoms with Crippen LogP contribution in [0.25, 0.3) is 0 Å². The third-order valence-electron chi connectivity index (χ3n) is 6.22. The summed E-state index contributed by atoms with van der Waals surface area (Å²) in [6, 6.07) is 0. The fraction of sp³-hybridized carbons (Fsp3) is 1.00. The molecule has 9 heteroatoms. The first kappa shape index (κ1) is 29.1. The van der Waals surface area contributed by atoms with Crippen LogP contribution in [0.1, 0.15) is 27.7 Å². The predicted molar refractivity (Wildman–Crippen MR) is 162 cm³/mol. The van der Waals surface area contributed by atoms with Crippen molar-refractivity contribution in [2.45, 2.75) is 127 Å². The van der Waals surface area contributed by atoms with Crippen LogP contribution in [0.5, 0.6) is 0 Å². The molecule has 29 heavy (non-hydrogen) atoms. The second-order valence-corrected chi connectivity index (χ2v) is 67.5. The molecule has 0 unspecified atom stereocenters. The van der Waals surface area contributed by atoms with E-state index < -0.39 is 32.3 Å². The van der Waals surface area contributed by atoms with Gasteiger partial charge < -0.3 is 0 Å². The minimum absolute atomic E-state index is 0.0519. The first-order chi connectivity index (χ1) is 12.6. The first-order valence-electron chi connectivity index (χ1n) is 11.8. The summed E-state index contributed by atoms with van der Waals surface area (Å²) in [6.45, 7) is 43.2. The van der Waals surface area contributed by atoms with Crippen molar-refractivity contribution >= 4 is 73.5 Å². The number of hydrogen-bond donors (Lipinski definition) is 0. The smallest absolute Gasteiger partial charge is 0.0987 e. The van der Waals surface area contributed by atoms with Gasteiger partial charge in [0.05, 0.1) is 14.0 Å². The SMILES string of the molecule is CC(C)[Si](C([Si](C)(C)C)[Si](C)(C)C)[Si]1S[Si]1[Si](C(C)C)C([Si](C)(C)C)[Si](C)(C)C. The summed E-state index contributed by atoms with van der Waals surface area (Å²) < 4.78 is 0. The molecule has 0 aromatic rings. The molecule has 0 amide bonds. The van der Waals surface area contributed by atoms with Crippen LogP contribution in [-0.2, 0) is 0 Å². The molecule has 0 nitrogen and oxygen atoms in total. The zero-order chi connectivity index (χ0) is 23.3. The van der Waals surface area contributed by atoms with Gasteiger partial charge in [-0.3, -0.25) is 0 Å². The summed E-state index contributed by atoms with van der Waals surface area (Å²) in [5.41, 5.74) is 2.03. The van der Waals surface area contributed by atoms with Crippen LogP contribution in [-0.4, -0.2) is 62.9 Å². The molecule has 1 aliphatic heterocycles. The van der Waals surface area contributed by atoms with E-state index in [2.05, 4.69) is 117 Å². The van der Waals surface area contributed by atoms with Gasteiger partial charge in [-0.05, 0) is 0 Å². The maximum Gasteiger partial charge on any atom is 0.0987 e. The van der Waals surface area contributed by atoms with E-state index in [0.717, 1.165) is 11.1 Å². The third kappa shape index (κ3) is 7.54. The van der Waals surface area contributed by atoms with E-state index in [4.69, 9.17) is 0 Å². The molecule has 0 aromatic heterocycles. The van der Waals surface area contributed by atoms with E-state index in [1.54, 1.807) is 0 Å². The molecule has 1 fully saturated rings. The predicted octanol–water partition coefficient (Wildman–Crippen LogP) is 8.01. The summed E-state index contributed by atoms with van der Waals surface area (Å²) in [6.07, 6.45) is 0. The van der Waals surface area contributed by atoms with Gasteiger partial charge in [0.15, 0.2) is 0 Å². The molecular weight excluding hydrogens is 497 g/mol. The van der Waals surface area contributed by atoms with Gasteiger partial charge in [0.2, 0.25) is 0 Å². The highest BCUT2D eigenvalue weighted by molar-refractivity contribution is 8.79. The Morgan fingerprint density at radius 3 is 0.828 bits per heavy atom. The minimum Gasteiger partial charge on any atom is -0.221 e. The Balaban J connectivity index is 3.37. The lowest BCUT2D eigenvalue weighted by atomic mass is 10.6. The van der Waals surface area contributed by atoms with Crippen LogP contribution in [0.2, 0.25) is 99.2 Å². The van der Waals surface area contributed by atoms with E-state index >= 15 is 0 Å². The molecule has 0 aliphatic carbocycles. The third-order valence-corrected chi connectivity index (χ3v) is 87.7. The molecule has 0 bridgehead atoms. The van der Waals surface area contributed by atoms with Crippen LogP contribution in [0, 0.1) is 0 Å². The van der Waals surface area contributed by atoms with Gasteiger partial charge in [0.1, 0.15) is 0 Å². The van der Waals surface area contributed by atoms with Crippen LogP contribution < -0.4 is 0 Å². The monoisotopic (exact) mass is 548 g/mol. The first-order valence-corrected chi connectivity index (χ1v) is 37.7. The standard InChI is InChI=1S/C20H52SSi8/c1-17(2)22(19(26(5,6)7)27(8,9)10)24-21-25(24)23(18(3)4)20(28(11,12)13)29(14,15)16/h17-20H,1-16H3. The normalized spacial score (nSPS) is 18.4. The Kier molecular flexibility index (Phi) is 9.79. The number of rotatable bonds is 10. The highest BCUT2D eigenvalue weighted by Crippen LogP contribution is 2.53. The molecular formula is C20H52SSi8. The minimum atomic E-state index is -1.10. The summed E-state index contributed by atoms with van der Waals surface area (Å²) in [4.78, 5) is 2.44. The van der Waals surface area contributed by atoms with Crippen molar-refractivity contribution < 1.29 is 0 Å². The quantitative estimate of drug-likeness (QED) is 0.197. The van der Waals surface area contributed by atoms with E-state index in [1.807, 2.05) is 0 Å². The van der Waals surface area contributed by atoms with Crippen LogP contribution in [0.4, 0.5) is 0 Å². The molecule has 0 spiro atoms. The zero-order valence-corrected chi connectivity index (χ0v) is 31.5. The van der Waals surface area contributed by atoms with Gasteiger partial charge in [0.25, 0.3) is 0 Å². The second-order valence-electron chi connectivity index (χ2n) is 14.3. The average molecular weight is 549 g/mol. The van der Waals surface area contributed by atoms with Crippen molar-refractivity contribution in [2.75, 3.05) is 0 Å². The second kappa shape index (κ2) is 9.75. The van der Waals surface area contributed by atoms with Crippen LogP contribution in [0.15, 0.2) is 0 Å². The summed E-state index contributed by atoms with van der Waals surface area (Å²) in [5, 5.41) is 0. The van der Waals surface area contributed by atoms with Crippen molar-refractivity contribution in [3.8, 4) is 0 Å². The van der Waals surface area contributed by atoms with Gasteiger partial charge in [0, 0.05) is 48.9 Å². The highest BCUT2D eigenvalue weighted by Gasteiger charge is 2.62. The van der Waals surface area contributed by atoms with Gasteiger partial charge >= 0.3 is 0 Å². The Morgan fingerprint density at radius 1 is 0.483 bits per heavy atom. The fourth-order valence-corrected chi connectivity index (χ4v) is 147. The van der Waals surface area contributed by atoms with Crippen molar-refractivity contribution in [1.29, 1.82) is 0 Å². The zero-order valence-electron chi connectivity index (χ0n) is 22.7. The van der Waals surface area contributed by atoms with Gasteiger partial charge in [-0.15, -0.1) is 0 Å². The van der Waals surface area contributed by atoms with Crippen molar-refractivity contribution in [3.05, 3.63) is 0 Å². The summed E-state index contributed by atoms with van der Waals surface area (Å²) in [5.74, 6) is 0. The van der Waals surface area contributed by atoms with Crippen LogP contribution >= 0.6 is 10.7 Å². The largest absolute Gasteiger partial charge is 0.221 e. The molecule has 0 atom stereocenters.